The van der Waals surface area contributed by atoms with Gasteiger partial charge in [0.25, 0.3) is 0 Å². The number of hydrogen-bond acceptors (Lipinski definition) is 5. The van der Waals surface area contributed by atoms with Gasteiger partial charge in [0, 0.05) is 6.42 Å². The van der Waals surface area contributed by atoms with E-state index < -0.39 is 12.0 Å². The Morgan fingerprint density at radius 3 is 2.57 bits per heavy atom. The normalized spacial score (nSPS) is 19.0. The van der Waals surface area contributed by atoms with E-state index in [4.69, 9.17) is 9.47 Å². The van der Waals surface area contributed by atoms with Crippen LogP contribution in [0.25, 0.3) is 0 Å². The Bertz CT molecular complexity index is 901. The molecule has 2 aliphatic rings. The highest BCUT2D eigenvalue weighted by Gasteiger charge is 2.23. The average molecular weight is 380 g/mol. The van der Waals surface area contributed by atoms with Crippen molar-refractivity contribution < 1.29 is 19.4 Å². The number of rotatable bonds is 3. The highest BCUT2D eigenvalue weighted by molar-refractivity contribution is 5.74. The van der Waals surface area contributed by atoms with Gasteiger partial charge in [-0.3, -0.25) is 0 Å². The molecule has 0 spiro atoms. The molecule has 28 heavy (non-hydrogen) atoms. The van der Waals surface area contributed by atoms with Gasteiger partial charge >= 0.3 is 5.97 Å². The summed E-state index contributed by atoms with van der Waals surface area (Å²) < 4.78 is 11.4. The molecule has 6 heteroatoms. The van der Waals surface area contributed by atoms with Crippen LogP contribution in [0.15, 0.2) is 60.5 Å². The summed E-state index contributed by atoms with van der Waals surface area (Å²) in [7, 11) is 3.40. The molecule has 2 atom stereocenters. The second kappa shape index (κ2) is 8.65. The van der Waals surface area contributed by atoms with Crippen LogP contribution in [0.4, 0.5) is 0 Å². The van der Waals surface area contributed by atoms with Crippen LogP contribution in [0.3, 0.4) is 0 Å². The minimum absolute atomic E-state index is 0.138. The molecule has 0 saturated carbocycles. The smallest absolute Gasteiger partial charge is 0.326 e. The molecule has 0 fully saturated rings. The van der Waals surface area contributed by atoms with Crippen molar-refractivity contribution in [3.8, 4) is 17.2 Å². The van der Waals surface area contributed by atoms with Gasteiger partial charge in [0.1, 0.15) is 11.8 Å². The Balaban J connectivity index is 2.08. The van der Waals surface area contributed by atoms with E-state index in [9.17, 15) is 9.90 Å². The summed E-state index contributed by atoms with van der Waals surface area (Å²) in [5.41, 5.74) is 5.39. The zero-order valence-corrected chi connectivity index (χ0v) is 16.0. The number of nitrogens with one attached hydrogen (secondary N) is 2. The fourth-order valence-electron chi connectivity index (χ4n) is 3.23. The maximum atomic E-state index is 11.9. The van der Waals surface area contributed by atoms with Crippen LogP contribution in [-0.4, -0.2) is 37.3 Å². The highest BCUT2D eigenvalue weighted by Crippen LogP contribution is 2.33. The second-order valence-electron chi connectivity index (χ2n) is 6.61. The van der Waals surface area contributed by atoms with Gasteiger partial charge in [-0.2, -0.15) is 0 Å². The van der Waals surface area contributed by atoms with Crippen LogP contribution in [0.5, 0.6) is 17.2 Å². The third-order valence-electron chi connectivity index (χ3n) is 4.77. The minimum Gasteiger partial charge on any atom is -0.493 e. The van der Waals surface area contributed by atoms with E-state index in [1.807, 2.05) is 43.4 Å². The number of carboxylic acids is 1. The van der Waals surface area contributed by atoms with Gasteiger partial charge in [0.2, 0.25) is 0 Å². The van der Waals surface area contributed by atoms with Crippen LogP contribution in [0, 0.1) is 0 Å². The van der Waals surface area contributed by atoms with Gasteiger partial charge in [0.15, 0.2) is 11.5 Å². The molecule has 0 saturated heterocycles. The van der Waals surface area contributed by atoms with Crippen LogP contribution in [-0.2, 0) is 17.6 Å². The van der Waals surface area contributed by atoms with Gasteiger partial charge in [-0.25, -0.2) is 4.79 Å². The maximum absolute atomic E-state index is 11.9. The van der Waals surface area contributed by atoms with E-state index in [0.29, 0.717) is 29.4 Å². The van der Waals surface area contributed by atoms with Crippen molar-refractivity contribution in [2.75, 3.05) is 14.2 Å². The maximum Gasteiger partial charge on any atom is 0.326 e. The first kappa shape index (κ1) is 19.5. The second-order valence-corrected chi connectivity index (χ2v) is 6.61. The van der Waals surface area contributed by atoms with Gasteiger partial charge in [-0.15, -0.1) is 5.73 Å². The SMILES string of the molecule is C=C=C1N[C@H](C(=O)O)Cc2ccc(OC)c(c2)Oc2ccc(cc2)C[C@@H]1NC. The van der Waals surface area contributed by atoms with Gasteiger partial charge < -0.3 is 25.2 Å². The van der Waals surface area contributed by atoms with E-state index >= 15 is 0 Å². The van der Waals surface area contributed by atoms with Crippen molar-refractivity contribution in [2.24, 2.45) is 0 Å². The van der Waals surface area contributed by atoms with E-state index in [0.717, 1.165) is 11.1 Å². The number of benzene rings is 2. The quantitative estimate of drug-likeness (QED) is 0.711. The Hall–Kier alpha value is -3.21. The van der Waals surface area contributed by atoms with E-state index in [1.165, 1.54) is 0 Å². The van der Waals surface area contributed by atoms with E-state index in [-0.39, 0.29) is 12.5 Å². The lowest BCUT2D eigenvalue weighted by Crippen LogP contribution is -2.44. The van der Waals surface area contributed by atoms with Crippen LogP contribution < -0.4 is 20.1 Å². The van der Waals surface area contributed by atoms with Crippen molar-refractivity contribution >= 4 is 5.97 Å². The van der Waals surface area contributed by atoms with E-state index in [1.54, 1.807) is 13.2 Å². The number of aliphatic carboxylic acids is 1. The van der Waals surface area contributed by atoms with Crippen molar-refractivity contribution in [3.63, 3.8) is 0 Å². The molecule has 6 nitrogen and oxygen atoms in total. The van der Waals surface area contributed by atoms with Crippen LogP contribution in [0.1, 0.15) is 11.1 Å². The standard InChI is InChI=1S/C22H24N2O4/c1-4-17-18(23-2)11-14-5-8-16(9-6-14)28-21-13-15(7-10-20(21)27-3)12-19(24-17)22(25)26/h5-10,13,18-19,23-24H,1,11-12H2,2-3H3,(H,25,26)/t18-,19-/m0/s1. The summed E-state index contributed by atoms with van der Waals surface area (Å²) in [6, 6.07) is 12.2. The summed E-state index contributed by atoms with van der Waals surface area (Å²) in [6.07, 6.45) is 0.928. The lowest BCUT2D eigenvalue weighted by Gasteiger charge is -2.24. The summed E-state index contributed by atoms with van der Waals surface area (Å²) >= 11 is 0. The Morgan fingerprint density at radius 1 is 1.25 bits per heavy atom. The Morgan fingerprint density at radius 2 is 1.96 bits per heavy atom. The highest BCUT2D eigenvalue weighted by atomic mass is 16.5. The van der Waals surface area contributed by atoms with Gasteiger partial charge in [-0.05, 0) is 48.9 Å². The molecular weight excluding hydrogens is 356 g/mol. The number of hydrogen-bond donors (Lipinski definition) is 3. The largest absolute Gasteiger partial charge is 0.493 e. The zero-order chi connectivity index (χ0) is 20.1. The summed E-state index contributed by atoms with van der Waals surface area (Å²) in [5, 5.41) is 16.0. The number of carbonyl (C=O) groups is 1. The molecule has 146 valence electrons. The third kappa shape index (κ3) is 4.36. The first-order valence-corrected chi connectivity index (χ1v) is 9.04. The van der Waals surface area contributed by atoms with Crippen LogP contribution >= 0.6 is 0 Å². The first-order chi connectivity index (χ1) is 13.5. The topological polar surface area (TPSA) is 79.8 Å². The lowest BCUT2D eigenvalue weighted by molar-refractivity contribution is -0.139. The van der Waals surface area contributed by atoms with Gasteiger partial charge in [-0.1, -0.05) is 24.8 Å². The zero-order valence-electron chi connectivity index (χ0n) is 16.0. The fraction of sp³-hybridized carbons (Fsp3) is 0.273. The first-order valence-electron chi connectivity index (χ1n) is 9.04. The molecule has 2 aromatic rings. The van der Waals surface area contributed by atoms with Gasteiger partial charge in [0.05, 0.1) is 18.8 Å². The number of carboxylic acid groups (broad SMARTS) is 1. The number of likely N-dealkylation sites (N-methyl/N-ethyl adjacent to an activating group) is 1. The van der Waals surface area contributed by atoms with Crippen molar-refractivity contribution in [2.45, 2.75) is 24.9 Å². The van der Waals surface area contributed by atoms with Crippen LogP contribution in [0.2, 0.25) is 0 Å². The Labute approximate surface area is 164 Å². The summed E-state index contributed by atoms with van der Waals surface area (Å²) in [4.78, 5) is 11.9. The number of ether oxygens (including phenoxy) is 2. The molecule has 4 bridgehead atoms. The molecule has 0 radical (unpaired) electrons. The molecule has 4 rings (SSSR count). The lowest BCUT2D eigenvalue weighted by atomic mass is 10.0. The molecular formula is C22H24N2O4. The predicted octanol–water partition coefficient (Wildman–Crippen LogP) is 2.89. The Kier molecular flexibility index (Phi) is 6.04. The molecule has 2 aliphatic heterocycles. The van der Waals surface area contributed by atoms with Crippen molar-refractivity contribution in [1.29, 1.82) is 0 Å². The molecule has 0 unspecified atom stereocenters. The van der Waals surface area contributed by atoms with E-state index in [2.05, 4.69) is 22.9 Å². The van der Waals surface area contributed by atoms with Crippen molar-refractivity contribution in [3.05, 3.63) is 71.6 Å². The fourth-order valence-corrected chi connectivity index (χ4v) is 3.23. The minimum atomic E-state index is -0.948. The molecule has 3 N–H and O–H groups in total. The van der Waals surface area contributed by atoms with Crippen molar-refractivity contribution in [1.82, 2.24) is 10.6 Å². The molecule has 2 aromatic carbocycles. The summed E-state index contributed by atoms with van der Waals surface area (Å²) in [5.74, 6) is 0.865. The summed E-state index contributed by atoms with van der Waals surface area (Å²) in [6.45, 7) is 3.74. The number of fused-ring (bicyclic) bond motifs is 7. The monoisotopic (exact) mass is 380 g/mol. The molecule has 2 heterocycles. The average Bonchev–Trinajstić information content (AvgIpc) is 2.70. The predicted molar refractivity (Wildman–Crippen MR) is 107 cm³/mol. The molecule has 0 aliphatic carbocycles. The molecule has 0 aromatic heterocycles. The molecule has 0 amide bonds. The number of methoxy groups -OCH3 is 1. The third-order valence-corrected chi connectivity index (χ3v) is 4.77.